The molecule has 1 saturated heterocycles. The second-order valence-corrected chi connectivity index (χ2v) is 5.92. The number of likely N-dealkylation sites (N-methyl/N-ethyl adjacent to an activating group) is 1. The largest absolute Gasteiger partial charge is 0.334 e. The fourth-order valence-corrected chi connectivity index (χ4v) is 2.78. The minimum absolute atomic E-state index is 0. The van der Waals surface area contributed by atoms with Crippen LogP contribution in [0.3, 0.4) is 0 Å². The molecule has 7 heteroatoms. The highest BCUT2D eigenvalue weighted by Crippen LogP contribution is 2.28. The minimum atomic E-state index is 0. The van der Waals surface area contributed by atoms with Crippen molar-refractivity contribution in [1.82, 2.24) is 20.4 Å². The Morgan fingerprint density at radius 3 is 3.00 bits per heavy atom. The van der Waals surface area contributed by atoms with Gasteiger partial charge in [0.2, 0.25) is 0 Å². The van der Waals surface area contributed by atoms with Gasteiger partial charge in [0.05, 0.1) is 6.04 Å². The maximum Gasteiger partial charge on any atom is 0.258 e. The van der Waals surface area contributed by atoms with E-state index in [2.05, 4.69) is 43.3 Å². The van der Waals surface area contributed by atoms with Crippen LogP contribution in [0.1, 0.15) is 17.4 Å². The predicted molar refractivity (Wildman–Crippen MR) is 87.7 cm³/mol. The maximum atomic E-state index is 5.45. The molecular formula is C14H18BrClN4O. The van der Waals surface area contributed by atoms with Crippen molar-refractivity contribution in [2.75, 3.05) is 26.7 Å². The molecule has 2 aromatic rings. The number of benzene rings is 1. The zero-order chi connectivity index (χ0) is 14.1. The van der Waals surface area contributed by atoms with Gasteiger partial charge in [0.1, 0.15) is 0 Å². The van der Waals surface area contributed by atoms with Gasteiger partial charge in [-0.1, -0.05) is 27.2 Å². The van der Waals surface area contributed by atoms with E-state index in [1.54, 1.807) is 0 Å². The Bertz CT molecular complexity index is 619. The molecular weight excluding hydrogens is 356 g/mol. The number of nitrogens with one attached hydrogen (secondary N) is 1. The minimum Gasteiger partial charge on any atom is -0.334 e. The SMILES string of the molecule is Cc1c(Br)cccc1-c1nc(C2CNCCN2C)no1.Cl. The second kappa shape index (κ2) is 6.87. The highest BCUT2D eigenvalue weighted by Gasteiger charge is 2.25. The molecule has 3 rings (SSSR count). The quantitative estimate of drug-likeness (QED) is 0.877. The summed E-state index contributed by atoms with van der Waals surface area (Å²) in [6.45, 7) is 4.89. The molecule has 21 heavy (non-hydrogen) atoms. The zero-order valence-corrected chi connectivity index (χ0v) is 14.4. The molecule has 1 aliphatic rings. The molecule has 114 valence electrons. The molecule has 0 radical (unpaired) electrons. The molecule has 1 atom stereocenters. The topological polar surface area (TPSA) is 54.2 Å². The molecule has 1 N–H and O–H groups in total. The molecule has 1 aliphatic heterocycles. The Morgan fingerprint density at radius 1 is 1.43 bits per heavy atom. The summed E-state index contributed by atoms with van der Waals surface area (Å²) < 4.78 is 6.50. The normalized spacial score (nSPS) is 19.3. The summed E-state index contributed by atoms with van der Waals surface area (Å²) in [5.74, 6) is 1.33. The van der Waals surface area contributed by atoms with Gasteiger partial charge in [0.25, 0.3) is 5.89 Å². The van der Waals surface area contributed by atoms with Crippen molar-refractivity contribution < 1.29 is 4.52 Å². The first-order valence-corrected chi connectivity index (χ1v) is 7.46. The van der Waals surface area contributed by atoms with Gasteiger partial charge >= 0.3 is 0 Å². The second-order valence-electron chi connectivity index (χ2n) is 5.07. The average Bonchev–Trinajstić information content (AvgIpc) is 2.92. The lowest BCUT2D eigenvalue weighted by atomic mass is 10.1. The first kappa shape index (κ1) is 16.4. The van der Waals surface area contributed by atoms with Crippen molar-refractivity contribution in [3.05, 3.63) is 34.1 Å². The third kappa shape index (κ3) is 3.29. The summed E-state index contributed by atoms with van der Waals surface area (Å²) in [6.07, 6.45) is 0. The Kier molecular flexibility index (Phi) is 5.37. The smallest absolute Gasteiger partial charge is 0.258 e. The van der Waals surface area contributed by atoms with E-state index in [0.717, 1.165) is 41.1 Å². The van der Waals surface area contributed by atoms with E-state index in [-0.39, 0.29) is 18.4 Å². The summed E-state index contributed by atoms with van der Waals surface area (Å²) in [7, 11) is 2.09. The number of piperazine rings is 1. The van der Waals surface area contributed by atoms with E-state index in [1.807, 2.05) is 25.1 Å². The third-order valence-corrected chi connectivity index (χ3v) is 4.61. The number of hydrogen-bond acceptors (Lipinski definition) is 5. The number of hydrogen-bond donors (Lipinski definition) is 1. The van der Waals surface area contributed by atoms with Gasteiger partial charge in [-0.3, -0.25) is 4.90 Å². The Labute approximate surface area is 138 Å². The van der Waals surface area contributed by atoms with Gasteiger partial charge in [-0.05, 0) is 31.7 Å². The molecule has 1 unspecified atom stereocenters. The van der Waals surface area contributed by atoms with E-state index in [9.17, 15) is 0 Å². The Hall–Kier alpha value is -0.950. The summed E-state index contributed by atoms with van der Waals surface area (Å²) in [5.41, 5.74) is 2.09. The van der Waals surface area contributed by atoms with Crippen LogP contribution in [-0.2, 0) is 0 Å². The van der Waals surface area contributed by atoms with Gasteiger partial charge in [-0.25, -0.2) is 0 Å². The lowest BCUT2D eigenvalue weighted by molar-refractivity contribution is 0.190. The highest BCUT2D eigenvalue weighted by molar-refractivity contribution is 9.10. The van der Waals surface area contributed by atoms with Crippen LogP contribution in [-0.4, -0.2) is 41.7 Å². The number of aromatic nitrogens is 2. The molecule has 0 bridgehead atoms. The van der Waals surface area contributed by atoms with Crippen LogP contribution in [0.2, 0.25) is 0 Å². The lowest BCUT2D eigenvalue weighted by Crippen LogP contribution is -2.44. The van der Waals surface area contributed by atoms with E-state index in [1.165, 1.54) is 0 Å². The van der Waals surface area contributed by atoms with Crippen molar-refractivity contribution >= 4 is 28.3 Å². The molecule has 1 aromatic carbocycles. The lowest BCUT2D eigenvalue weighted by Gasteiger charge is -2.30. The van der Waals surface area contributed by atoms with Crippen LogP contribution in [0.15, 0.2) is 27.2 Å². The number of halogens is 2. The highest BCUT2D eigenvalue weighted by atomic mass is 79.9. The molecule has 5 nitrogen and oxygen atoms in total. The van der Waals surface area contributed by atoms with Crippen LogP contribution >= 0.6 is 28.3 Å². The van der Waals surface area contributed by atoms with Crippen LogP contribution in [0.5, 0.6) is 0 Å². The van der Waals surface area contributed by atoms with Gasteiger partial charge in [0, 0.05) is 29.7 Å². The van der Waals surface area contributed by atoms with Gasteiger partial charge < -0.3 is 9.84 Å². The van der Waals surface area contributed by atoms with Crippen LogP contribution in [0.4, 0.5) is 0 Å². The summed E-state index contributed by atoms with van der Waals surface area (Å²) in [5, 5.41) is 7.52. The summed E-state index contributed by atoms with van der Waals surface area (Å²) in [6, 6.07) is 6.16. The monoisotopic (exact) mass is 372 g/mol. The fraction of sp³-hybridized carbons (Fsp3) is 0.429. The van der Waals surface area contributed by atoms with Gasteiger partial charge in [-0.2, -0.15) is 4.98 Å². The van der Waals surface area contributed by atoms with Crippen LogP contribution < -0.4 is 5.32 Å². The number of nitrogens with zero attached hydrogens (tertiary/aromatic N) is 3. The summed E-state index contributed by atoms with van der Waals surface area (Å²) in [4.78, 5) is 6.83. The Morgan fingerprint density at radius 2 is 2.24 bits per heavy atom. The van der Waals surface area contributed by atoms with E-state index < -0.39 is 0 Å². The van der Waals surface area contributed by atoms with Crippen molar-refractivity contribution in [2.45, 2.75) is 13.0 Å². The number of rotatable bonds is 2. The van der Waals surface area contributed by atoms with Gasteiger partial charge in [-0.15, -0.1) is 12.4 Å². The molecule has 0 spiro atoms. The molecule has 0 aliphatic carbocycles. The standard InChI is InChI=1S/C14H17BrN4O.ClH/c1-9-10(4-3-5-11(9)15)14-17-13(18-20-14)12-8-16-6-7-19(12)2;/h3-5,12,16H,6-8H2,1-2H3;1H. The van der Waals surface area contributed by atoms with Crippen molar-refractivity contribution in [2.24, 2.45) is 0 Å². The molecule has 0 amide bonds. The van der Waals surface area contributed by atoms with Gasteiger partial charge in [0.15, 0.2) is 5.82 Å². The van der Waals surface area contributed by atoms with Crippen molar-refractivity contribution in [3.63, 3.8) is 0 Å². The summed E-state index contributed by atoms with van der Waals surface area (Å²) >= 11 is 3.53. The predicted octanol–water partition coefficient (Wildman–Crippen LogP) is 2.81. The molecule has 1 fully saturated rings. The van der Waals surface area contributed by atoms with Crippen LogP contribution in [0, 0.1) is 6.92 Å². The zero-order valence-electron chi connectivity index (χ0n) is 12.0. The van der Waals surface area contributed by atoms with E-state index >= 15 is 0 Å². The average molecular weight is 374 g/mol. The van der Waals surface area contributed by atoms with Crippen molar-refractivity contribution in [3.8, 4) is 11.5 Å². The first-order valence-electron chi connectivity index (χ1n) is 6.67. The molecule has 0 saturated carbocycles. The van der Waals surface area contributed by atoms with E-state index in [4.69, 9.17) is 4.52 Å². The van der Waals surface area contributed by atoms with E-state index in [0.29, 0.717) is 5.89 Å². The Balaban J connectivity index is 0.00000161. The van der Waals surface area contributed by atoms with Crippen LogP contribution in [0.25, 0.3) is 11.5 Å². The molecule has 2 heterocycles. The molecule has 1 aromatic heterocycles. The van der Waals surface area contributed by atoms with Crippen molar-refractivity contribution in [1.29, 1.82) is 0 Å². The fourth-order valence-electron chi connectivity index (χ4n) is 2.41. The first-order chi connectivity index (χ1) is 9.66. The third-order valence-electron chi connectivity index (χ3n) is 3.75. The maximum absolute atomic E-state index is 5.45.